The molecule has 0 heterocycles. The molecule has 0 spiro atoms. The van der Waals surface area contributed by atoms with Crippen LogP contribution in [0.4, 0.5) is 0 Å². The highest BCUT2D eigenvalue weighted by atomic mass is 16.6. The summed E-state index contributed by atoms with van der Waals surface area (Å²) in [5.74, 6) is 0. The molecule has 5 N–H and O–H groups in total. The third-order valence-electron chi connectivity index (χ3n) is 3.13. The van der Waals surface area contributed by atoms with Gasteiger partial charge >= 0.3 is 0 Å². The van der Waals surface area contributed by atoms with Crippen molar-refractivity contribution < 1.29 is 30.3 Å². The second kappa shape index (κ2) is 10.5. The summed E-state index contributed by atoms with van der Waals surface area (Å²) in [6, 6.07) is 0. The van der Waals surface area contributed by atoms with Crippen molar-refractivity contribution in [1.82, 2.24) is 0 Å². The van der Waals surface area contributed by atoms with Crippen molar-refractivity contribution in [3.63, 3.8) is 0 Å². The predicted octanol–water partition coefficient (Wildman–Crippen LogP) is -0.245. The Balaban J connectivity index is 4.25. The highest BCUT2D eigenvalue weighted by Gasteiger charge is 2.31. The lowest BCUT2D eigenvalue weighted by Crippen LogP contribution is -2.46. The predicted molar refractivity (Wildman–Crippen MR) is 70.4 cm³/mol. The fourth-order valence-electron chi connectivity index (χ4n) is 1.78. The van der Waals surface area contributed by atoms with Crippen LogP contribution in [0.15, 0.2) is 0 Å². The van der Waals surface area contributed by atoms with Crippen molar-refractivity contribution in [2.75, 3.05) is 6.61 Å². The number of hydrogen-bond acceptors (Lipinski definition) is 6. The van der Waals surface area contributed by atoms with Crippen molar-refractivity contribution in [3.8, 4) is 0 Å². The molecule has 0 aromatic heterocycles. The zero-order valence-corrected chi connectivity index (χ0v) is 11.8. The van der Waals surface area contributed by atoms with Crippen molar-refractivity contribution in [1.29, 1.82) is 0 Å². The van der Waals surface area contributed by atoms with Crippen LogP contribution in [0.2, 0.25) is 0 Å². The molecule has 5 unspecified atom stereocenters. The van der Waals surface area contributed by atoms with E-state index in [4.69, 9.17) is 9.84 Å². The lowest BCUT2D eigenvalue weighted by molar-refractivity contribution is -0.222. The summed E-state index contributed by atoms with van der Waals surface area (Å²) < 4.78 is 5.28. The van der Waals surface area contributed by atoms with Crippen molar-refractivity contribution in [2.45, 2.75) is 76.7 Å². The zero-order valence-electron chi connectivity index (χ0n) is 11.8. The van der Waals surface area contributed by atoms with Gasteiger partial charge in [-0.2, -0.15) is 0 Å². The van der Waals surface area contributed by atoms with E-state index in [2.05, 4.69) is 0 Å². The van der Waals surface area contributed by atoms with E-state index in [1.165, 1.54) is 0 Å². The molecule has 0 saturated carbocycles. The van der Waals surface area contributed by atoms with Crippen molar-refractivity contribution in [2.24, 2.45) is 0 Å². The third kappa shape index (κ3) is 7.20. The Morgan fingerprint density at radius 2 is 1.58 bits per heavy atom. The van der Waals surface area contributed by atoms with E-state index in [0.29, 0.717) is 6.42 Å². The van der Waals surface area contributed by atoms with E-state index >= 15 is 0 Å². The average molecular weight is 280 g/mol. The largest absolute Gasteiger partial charge is 0.396 e. The molecule has 0 rings (SSSR count). The van der Waals surface area contributed by atoms with Gasteiger partial charge in [0, 0.05) is 6.61 Å². The van der Waals surface area contributed by atoms with Gasteiger partial charge in [0.25, 0.3) is 0 Å². The molecule has 19 heavy (non-hydrogen) atoms. The first-order valence-electron chi connectivity index (χ1n) is 6.96. The normalized spacial score (nSPS) is 19.7. The van der Waals surface area contributed by atoms with Gasteiger partial charge in [0.15, 0.2) is 6.29 Å². The first kappa shape index (κ1) is 18.8. The first-order chi connectivity index (χ1) is 8.97. The molecule has 5 atom stereocenters. The van der Waals surface area contributed by atoms with Crippen LogP contribution < -0.4 is 0 Å². The summed E-state index contributed by atoms with van der Waals surface area (Å²) in [6.45, 7) is 3.65. The van der Waals surface area contributed by atoms with Crippen LogP contribution in [0.1, 0.15) is 46.0 Å². The summed E-state index contributed by atoms with van der Waals surface area (Å²) in [7, 11) is 0. The quantitative estimate of drug-likeness (QED) is 0.334. The summed E-state index contributed by atoms with van der Waals surface area (Å²) in [5, 5.41) is 47.1. The van der Waals surface area contributed by atoms with Gasteiger partial charge in [-0.1, -0.05) is 26.7 Å². The number of aliphatic hydroxyl groups is 5. The Morgan fingerprint density at radius 3 is 2.05 bits per heavy atom. The maximum absolute atomic E-state index is 9.70. The van der Waals surface area contributed by atoms with Crippen LogP contribution in [0.25, 0.3) is 0 Å². The molecule has 0 aromatic rings. The van der Waals surface area contributed by atoms with Crippen LogP contribution >= 0.6 is 0 Å². The minimum atomic E-state index is -1.60. The third-order valence-corrected chi connectivity index (χ3v) is 3.13. The monoisotopic (exact) mass is 280 g/mol. The fraction of sp³-hybridized carbons (Fsp3) is 1.00. The number of aliphatic hydroxyl groups excluding tert-OH is 5. The average Bonchev–Trinajstić information content (AvgIpc) is 2.41. The zero-order chi connectivity index (χ0) is 14.8. The molecule has 0 aliphatic rings. The molecule has 0 amide bonds. The molecule has 0 fully saturated rings. The molecule has 0 bridgehead atoms. The minimum absolute atomic E-state index is 0.0714. The molecule has 0 aromatic carbocycles. The maximum Gasteiger partial charge on any atom is 0.183 e. The van der Waals surface area contributed by atoms with Crippen molar-refractivity contribution >= 4 is 0 Å². The highest BCUT2D eigenvalue weighted by Crippen LogP contribution is 2.15. The molecule has 0 radical (unpaired) electrons. The summed E-state index contributed by atoms with van der Waals surface area (Å²) in [4.78, 5) is 0. The standard InChI is InChI=1S/C13H28O6/c1-3-5-6-9(4-2)19-13(18)12(17)11(16)10(15)7-8-14/h9-18H,3-8H2,1-2H3. The SMILES string of the molecule is CCCCC(CC)OC(O)C(O)C(O)C(O)CCO. The van der Waals surface area contributed by atoms with Gasteiger partial charge in [0.2, 0.25) is 0 Å². The number of unbranched alkanes of at least 4 members (excludes halogenated alkanes) is 1. The van der Waals surface area contributed by atoms with Crippen molar-refractivity contribution in [3.05, 3.63) is 0 Å². The number of ether oxygens (including phenoxy) is 1. The minimum Gasteiger partial charge on any atom is -0.396 e. The van der Waals surface area contributed by atoms with E-state index in [0.717, 1.165) is 19.3 Å². The van der Waals surface area contributed by atoms with Gasteiger partial charge in [-0.05, 0) is 19.3 Å². The van der Waals surface area contributed by atoms with Gasteiger partial charge in [-0.15, -0.1) is 0 Å². The van der Waals surface area contributed by atoms with Gasteiger partial charge in [0.05, 0.1) is 12.2 Å². The summed E-state index contributed by atoms with van der Waals surface area (Å²) in [5.41, 5.74) is 0. The van der Waals surface area contributed by atoms with E-state index in [9.17, 15) is 20.4 Å². The molecule has 6 nitrogen and oxygen atoms in total. The van der Waals surface area contributed by atoms with Crippen LogP contribution in [-0.4, -0.2) is 62.8 Å². The highest BCUT2D eigenvalue weighted by molar-refractivity contribution is 4.77. The first-order valence-corrected chi connectivity index (χ1v) is 6.96. The molecule has 116 valence electrons. The van der Waals surface area contributed by atoms with Crippen LogP contribution in [-0.2, 0) is 4.74 Å². The Kier molecular flexibility index (Phi) is 10.4. The lowest BCUT2D eigenvalue weighted by atomic mass is 10.0. The number of rotatable bonds is 11. The molecule has 0 aliphatic heterocycles. The molecular weight excluding hydrogens is 252 g/mol. The second-order valence-electron chi connectivity index (χ2n) is 4.76. The lowest BCUT2D eigenvalue weighted by Gasteiger charge is -2.28. The summed E-state index contributed by atoms with van der Waals surface area (Å²) in [6.07, 6.45) is -2.83. The van der Waals surface area contributed by atoms with Gasteiger partial charge < -0.3 is 30.3 Å². The summed E-state index contributed by atoms with van der Waals surface area (Å²) >= 11 is 0. The van der Waals surface area contributed by atoms with E-state index in [1.54, 1.807) is 0 Å². The molecule has 6 heteroatoms. The van der Waals surface area contributed by atoms with Crippen LogP contribution in [0.3, 0.4) is 0 Å². The van der Waals surface area contributed by atoms with E-state index in [-0.39, 0.29) is 19.1 Å². The Labute approximate surface area is 114 Å². The molecule has 0 aliphatic carbocycles. The van der Waals surface area contributed by atoms with Gasteiger partial charge in [-0.3, -0.25) is 0 Å². The topological polar surface area (TPSA) is 110 Å². The van der Waals surface area contributed by atoms with Crippen LogP contribution in [0, 0.1) is 0 Å². The Hall–Kier alpha value is -0.240. The van der Waals surface area contributed by atoms with E-state index < -0.39 is 24.6 Å². The Morgan fingerprint density at radius 1 is 0.947 bits per heavy atom. The van der Waals surface area contributed by atoms with Crippen LogP contribution in [0.5, 0.6) is 0 Å². The fourth-order valence-corrected chi connectivity index (χ4v) is 1.78. The van der Waals surface area contributed by atoms with Gasteiger partial charge in [0.1, 0.15) is 12.2 Å². The number of hydrogen-bond donors (Lipinski definition) is 5. The van der Waals surface area contributed by atoms with Gasteiger partial charge in [-0.25, -0.2) is 0 Å². The van der Waals surface area contributed by atoms with E-state index in [1.807, 2.05) is 13.8 Å². The molecular formula is C13H28O6. The smallest absolute Gasteiger partial charge is 0.183 e. The maximum atomic E-state index is 9.70. The second-order valence-corrected chi connectivity index (χ2v) is 4.76. The molecule has 0 saturated heterocycles. The Bertz CT molecular complexity index is 213.